The highest BCUT2D eigenvalue weighted by atomic mass is 79.9. The number of anilines is 1. The van der Waals surface area contributed by atoms with Crippen LogP contribution >= 0.6 is 15.9 Å². The van der Waals surface area contributed by atoms with E-state index in [4.69, 9.17) is 5.73 Å². The van der Waals surface area contributed by atoms with Gasteiger partial charge in [-0.2, -0.15) is 0 Å². The summed E-state index contributed by atoms with van der Waals surface area (Å²) in [7, 11) is 0. The number of nitrogens with one attached hydrogen (secondary N) is 1. The molecule has 1 saturated carbocycles. The van der Waals surface area contributed by atoms with E-state index in [1.165, 1.54) is 12.8 Å². The van der Waals surface area contributed by atoms with Crippen molar-refractivity contribution in [2.45, 2.75) is 26.2 Å². The van der Waals surface area contributed by atoms with Crippen LogP contribution < -0.4 is 11.1 Å². The van der Waals surface area contributed by atoms with Crippen molar-refractivity contribution in [1.82, 2.24) is 5.32 Å². The number of rotatable bonds is 4. The molecule has 3 nitrogen and oxygen atoms in total. The summed E-state index contributed by atoms with van der Waals surface area (Å²) in [5.74, 6) is -0.0519. The minimum Gasteiger partial charge on any atom is -0.399 e. The lowest BCUT2D eigenvalue weighted by molar-refractivity contribution is 0.0943. The van der Waals surface area contributed by atoms with Crippen molar-refractivity contribution in [2.24, 2.45) is 5.41 Å². The molecule has 0 aromatic heterocycles. The summed E-state index contributed by atoms with van der Waals surface area (Å²) < 4.78 is 0.783. The average Bonchev–Trinajstić information content (AvgIpc) is 3.10. The molecule has 1 amide bonds. The fraction of sp³-hybridized carbons (Fsp3) is 0.462. The maximum Gasteiger partial charge on any atom is 0.252 e. The number of nitrogen functional groups attached to an aromatic ring is 1. The Morgan fingerprint density at radius 2 is 2.24 bits per heavy atom. The fourth-order valence-corrected chi connectivity index (χ4v) is 2.34. The zero-order valence-corrected chi connectivity index (χ0v) is 11.5. The van der Waals surface area contributed by atoms with Gasteiger partial charge in [-0.25, -0.2) is 0 Å². The molecule has 0 unspecified atom stereocenters. The number of amides is 1. The summed E-state index contributed by atoms with van der Waals surface area (Å²) in [6.07, 6.45) is 3.58. The molecule has 4 heteroatoms. The van der Waals surface area contributed by atoms with E-state index in [2.05, 4.69) is 28.2 Å². The van der Waals surface area contributed by atoms with Crippen LogP contribution in [0.2, 0.25) is 0 Å². The smallest absolute Gasteiger partial charge is 0.252 e. The molecule has 0 heterocycles. The van der Waals surface area contributed by atoms with E-state index in [-0.39, 0.29) is 5.91 Å². The molecule has 1 aromatic rings. The van der Waals surface area contributed by atoms with Crippen LogP contribution in [-0.2, 0) is 0 Å². The summed E-state index contributed by atoms with van der Waals surface area (Å²) in [4.78, 5) is 12.0. The molecule has 0 radical (unpaired) electrons. The first kappa shape index (κ1) is 12.4. The summed E-state index contributed by atoms with van der Waals surface area (Å²) in [5.41, 5.74) is 7.26. The van der Waals surface area contributed by atoms with Gasteiger partial charge in [0.05, 0.1) is 5.56 Å². The van der Waals surface area contributed by atoms with E-state index in [9.17, 15) is 4.79 Å². The minimum atomic E-state index is -0.0519. The summed E-state index contributed by atoms with van der Waals surface area (Å²) in [6, 6.07) is 5.27. The van der Waals surface area contributed by atoms with Gasteiger partial charge in [-0.15, -0.1) is 0 Å². The topological polar surface area (TPSA) is 55.1 Å². The van der Waals surface area contributed by atoms with Crippen molar-refractivity contribution in [3.8, 4) is 0 Å². The highest BCUT2D eigenvalue weighted by Gasteiger charge is 2.40. The van der Waals surface area contributed by atoms with Gasteiger partial charge in [-0.05, 0) is 58.8 Å². The maximum absolute atomic E-state index is 12.0. The van der Waals surface area contributed by atoms with Crippen LogP contribution in [0.15, 0.2) is 22.7 Å². The molecule has 2 rings (SSSR count). The number of benzene rings is 1. The van der Waals surface area contributed by atoms with Crippen LogP contribution in [0.5, 0.6) is 0 Å². The molecule has 0 bridgehead atoms. The van der Waals surface area contributed by atoms with Gasteiger partial charge in [0.15, 0.2) is 0 Å². The first-order chi connectivity index (χ1) is 8.06. The van der Waals surface area contributed by atoms with Gasteiger partial charge in [0.25, 0.3) is 5.91 Å². The molecule has 0 spiro atoms. The zero-order valence-electron chi connectivity index (χ0n) is 9.92. The third-order valence-corrected chi connectivity index (χ3v) is 4.26. The monoisotopic (exact) mass is 296 g/mol. The molecule has 3 N–H and O–H groups in total. The van der Waals surface area contributed by atoms with Crippen LogP contribution in [0.1, 0.15) is 36.5 Å². The predicted molar refractivity (Wildman–Crippen MR) is 72.8 cm³/mol. The number of halogens is 1. The van der Waals surface area contributed by atoms with E-state index in [0.29, 0.717) is 16.7 Å². The average molecular weight is 297 g/mol. The van der Waals surface area contributed by atoms with E-state index >= 15 is 0 Å². The Morgan fingerprint density at radius 1 is 1.53 bits per heavy atom. The molecule has 1 fully saturated rings. The van der Waals surface area contributed by atoms with Crippen molar-refractivity contribution in [2.75, 3.05) is 12.3 Å². The summed E-state index contributed by atoms with van der Waals surface area (Å²) >= 11 is 3.37. The molecule has 1 aliphatic rings. The van der Waals surface area contributed by atoms with Crippen LogP contribution in [-0.4, -0.2) is 12.5 Å². The molecular weight excluding hydrogens is 280 g/mol. The zero-order chi connectivity index (χ0) is 12.5. The van der Waals surface area contributed by atoms with Crippen LogP contribution in [0.25, 0.3) is 0 Å². The second kappa shape index (κ2) is 4.69. The predicted octanol–water partition coefficient (Wildman–Crippen LogP) is 2.95. The highest BCUT2D eigenvalue weighted by Crippen LogP contribution is 2.47. The molecule has 92 valence electrons. The number of hydrogen-bond donors (Lipinski definition) is 2. The number of hydrogen-bond acceptors (Lipinski definition) is 2. The Morgan fingerprint density at radius 3 is 2.82 bits per heavy atom. The molecule has 0 atom stereocenters. The fourth-order valence-electron chi connectivity index (χ4n) is 1.91. The molecule has 1 aromatic carbocycles. The quantitative estimate of drug-likeness (QED) is 0.840. The van der Waals surface area contributed by atoms with Gasteiger partial charge >= 0.3 is 0 Å². The Kier molecular flexibility index (Phi) is 3.43. The standard InChI is InChI=1S/C13H17BrN2O/c1-2-13(5-6-13)8-16-12(17)10-7-9(15)3-4-11(10)14/h3-4,7H,2,5-6,8,15H2,1H3,(H,16,17). The van der Waals surface area contributed by atoms with E-state index in [1.807, 2.05) is 0 Å². The molecule has 0 aliphatic heterocycles. The third-order valence-electron chi connectivity index (χ3n) is 3.57. The molecule has 1 aliphatic carbocycles. The Labute approximate surface area is 110 Å². The van der Waals surface area contributed by atoms with Crippen LogP contribution in [0.4, 0.5) is 5.69 Å². The molecular formula is C13H17BrN2O. The van der Waals surface area contributed by atoms with Gasteiger partial charge in [0.1, 0.15) is 0 Å². The van der Waals surface area contributed by atoms with Gasteiger partial charge in [0.2, 0.25) is 0 Å². The number of carbonyl (C=O) groups excluding carboxylic acids is 1. The summed E-state index contributed by atoms with van der Waals surface area (Å²) in [5, 5.41) is 3.00. The van der Waals surface area contributed by atoms with Crippen molar-refractivity contribution in [3.63, 3.8) is 0 Å². The maximum atomic E-state index is 12.0. The van der Waals surface area contributed by atoms with Gasteiger partial charge in [-0.1, -0.05) is 6.92 Å². The van der Waals surface area contributed by atoms with Crippen molar-refractivity contribution >= 4 is 27.5 Å². The lowest BCUT2D eigenvalue weighted by Gasteiger charge is -2.14. The SMILES string of the molecule is CCC1(CNC(=O)c2cc(N)ccc2Br)CC1. The first-order valence-electron chi connectivity index (χ1n) is 5.89. The van der Waals surface area contributed by atoms with Gasteiger partial charge < -0.3 is 11.1 Å². The highest BCUT2D eigenvalue weighted by molar-refractivity contribution is 9.10. The largest absolute Gasteiger partial charge is 0.399 e. The van der Waals surface area contributed by atoms with Crippen molar-refractivity contribution in [3.05, 3.63) is 28.2 Å². The number of carbonyl (C=O) groups is 1. The van der Waals surface area contributed by atoms with E-state index in [0.717, 1.165) is 17.4 Å². The minimum absolute atomic E-state index is 0.0519. The second-order valence-electron chi connectivity index (χ2n) is 4.78. The van der Waals surface area contributed by atoms with Crippen LogP contribution in [0, 0.1) is 5.41 Å². The molecule has 17 heavy (non-hydrogen) atoms. The van der Waals surface area contributed by atoms with Gasteiger partial charge in [0, 0.05) is 16.7 Å². The van der Waals surface area contributed by atoms with E-state index < -0.39 is 0 Å². The summed E-state index contributed by atoms with van der Waals surface area (Å²) in [6.45, 7) is 2.94. The lowest BCUT2D eigenvalue weighted by atomic mass is 10.0. The second-order valence-corrected chi connectivity index (χ2v) is 5.63. The third kappa shape index (κ3) is 2.80. The lowest BCUT2D eigenvalue weighted by Crippen LogP contribution is -2.30. The Hall–Kier alpha value is -1.03. The van der Waals surface area contributed by atoms with Crippen LogP contribution in [0.3, 0.4) is 0 Å². The Bertz CT molecular complexity index is 441. The first-order valence-corrected chi connectivity index (χ1v) is 6.69. The Balaban J connectivity index is 2.02. The van der Waals surface area contributed by atoms with Crippen molar-refractivity contribution in [1.29, 1.82) is 0 Å². The number of nitrogens with two attached hydrogens (primary N) is 1. The van der Waals surface area contributed by atoms with Crippen molar-refractivity contribution < 1.29 is 4.79 Å². The van der Waals surface area contributed by atoms with Gasteiger partial charge in [-0.3, -0.25) is 4.79 Å². The van der Waals surface area contributed by atoms with E-state index in [1.54, 1.807) is 18.2 Å². The molecule has 0 saturated heterocycles. The normalized spacial score (nSPS) is 16.6.